The number of aromatic nitrogens is 4. The summed E-state index contributed by atoms with van der Waals surface area (Å²) >= 11 is 0. The van der Waals surface area contributed by atoms with E-state index in [1.54, 1.807) is 24.5 Å². The van der Waals surface area contributed by atoms with Gasteiger partial charge in [-0.25, -0.2) is 9.37 Å². The van der Waals surface area contributed by atoms with Crippen LogP contribution in [0.2, 0.25) is 0 Å². The number of carbonyl (C=O) groups excluding carboxylic acids is 1. The molecule has 0 atom stereocenters. The Morgan fingerprint density at radius 3 is 2.87 bits per heavy atom. The van der Waals surface area contributed by atoms with Gasteiger partial charge in [0.1, 0.15) is 6.33 Å². The lowest BCUT2D eigenvalue weighted by Gasteiger charge is -1.97. The number of halogens is 1. The Kier molecular flexibility index (Phi) is 3.96. The van der Waals surface area contributed by atoms with Crippen molar-refractivity contribution in [2.24, 2.45) is 0 Å². The standard InChI is InChI=1S/C15H11FN4O3/c16-13-10(5-9-1-3-17-4-2-9)7-23-14(13)11(21)6-12(22)15-18-8-19-20-15/h1-4,6-8,22H,5H2,(H,18,19,20). The average Bonchev–Trinajstić information content (AvgIpc) is 3.19. The van der Waals surface area contributed by atoms with E-state index in [2.05, 4.69) is 20.2 Å². The Bertz CT molecular complexity index is 841. The molecule has 0 spiro atoms. The summed E-state index contributed by atoms with van der Waals surface area (Å²) < 4.78 is 19.3. The molecular formula is C15H11FN4O3. The summed E-state index contributed by atoms with van der Waals surface area (Å²) in [5.74, 6) is -2.60. The predicted octanol–water partition coefficient (Wildman–Crippen LogP) is 2.30. The lowest BCUT2D eigenvalue weighted by atomic mass is 10.1. The zero-order chi connectivity index (χ0) is 16.2. The number of ketones is 1. The monoisotopic (exact) mass is 314 g/mol. The van der Waals surface area contributed by atoms with Crippen LogP contribution in [0.3, 0.4) is 0 Å². The summed E-state index contributed by atoms with van der Waals surface area (Å²) in [5.41, 5.74) is 1.07. The van der Waals surface area contributed by atoms with Crippen LogP contribution in [0, 0.1) is 5.82 Å². The summed E-state index contributed by atoms with van der Waals surface area (Å²) in [5, 5.41) is 15.7. The van der Waals surface area contributed by atoms with E-state index in [-0.39, 0.29) is 17.8 Å². The van der Waals surface area contributed by atoms with Crippen LogP contribution in [0.1, 0.15) is 27.5 Å². The second-order valence-electron chi connectivity index (χ2n) is 4.65. The fourth-order valence-corrected chi connectivity index (χ4v) is 1.97. The molecule has 0 amide bonds. The molecule has 0 radical (unpaired) electrons. The number of furan rings is 1. The normalized spacial score (nSPS) is 11.6. The number of nitrogens with one attached hydrogen (secondary N) is 1. The number of aromatic amines is 1. The number of hydrogen-bond donors (Lipinski definition) is 2. The maximum Gasteiger partial charge on any atom is 0.227 e. The summed E-state index contributed by atoms with van der Waals surface area (Å²) in [6.45, 7) is 0. The molecule has 116 valence electrons. The van der Waals surface area contributed by atoms with Crippen molar-refractivity contribution in [1.29, 1.82) is 0 Å². The lowest BCUT2D eigenvalue weighted by molar-refractivity contribution is 0.101. The predicted molar refractivity (Wildman–Crippen MR) is 77.0 cm³/mol. The molecule has 23 heavy (non-hydrogen) atoms. The highest BCUT2D eigenvalue weighted by atomic mass is 19.1. The first-order valence-corrected chi connectivity index (χ1v) is 6.61. The van der Waals surface area contributed by atoms with Crippen LogP contribution in [0.5, 0.6) is 0 Å². The molecular weight excluding hydrogens is 303 g/mol. The van der Waals surface area contributed by atoms with Gasteiger partial charge in [0, 0.05) is 30.5 Å². The summed E-state index contributed by atoms with van der Waals surface area (Å²) in [4.78, 5) is 19.5. The Hall–Kier alpha value is -3.29. The van der Waals surface area contributed by atoms with Crippen molar-refractivity contribution in [2.45, 2.75) is 6.42 Å². The fraction of sp³-hybridized carbons (Fsp3) is 0.0667. The second kappa shape index (κ2) is 6.22. The van der Waals surface area contributed by atoms with E-state index in [1.165, 1.54) is 12.6 Å². The second-order valence-corrected chi connectivity index (χ2v) is 4.65. The summed E-state index contributed by atoms with van der Waals surface area (Å²) in [6, 6.07) is 3.48. The van der Waals surface area contributed by atoms with Crippen LogP contribution >= 0.6 is 0 Å². The van der Waals surface area contributed by atoms with Crippen molar-refractivity contribution in [3.8, 4) is 0 Å². The van der Waals surface area contributed by atoms with E-state index in [4.69, 9.17) is 4.42 Å². The van der Waals surface area contributed by atoms with Crippen molar-refractivity contribution < 1.29 is 18.7 Å². The molecule has 0 aliphatic heterocycles. The number of allylic oxidation sites excluding steroid dienone is 1. The molecule has 3 aromatic rings. The van der Waals surface area contributed by atoms with Gasteiger partial charge in [-0.2, -0.15) is 5.10 Å². The molecule has 8 heteroatoms. The molecule has 3 aromatic heterocycles. The van der Waals surface area contributed by atoms with Crippen molar-refractivity contribution in [3.05, 3.63) is 71.7 Å². The Labute approximate surface area is 129 Å². The van der Waals surface area contributed by atoms with Crippen molar-refractivity contribution in [1.82, 2.24) is 20.2 Å². The summed E-state index contributed by atoms with van der Waals surface area (Å²) in [7, 11) is 0. The van der Waals surface area contributed by atoms with Crippen molar-refractivity contribution >= 4 is 11.5 Å². The maximum atomic E-state index is 14.3. The topological polar surface area (TPSA) is 105 Å². The van der Waals surface area contributed by atoms with Gasteiger partial charge in [-0.3, -0.25) is 14.9 Å². The molecule has 0 aliphatic rings. The van der Waals surface area contributed by atoms with Crippen LogP contribution in [-0.4, -0.2) is 31.1 Å². The largest absolute Gasteiger partial charge is 0.504 e. The van der Waals surface area contributed by atoms with Gasteiger partial charge in [-0.15, -0.1) is 0 Å². The first-order valence-electron chi connectivity index (χ1n) is 6.61. The van der Waals surface area contributed by atoms with Gasteiger partial charge in [0.15, 0.2) is 11.6 Å². The number of pyridine rings is 1. The molecule has 2 N–H and O–H groups in total. The molecule has 0 saturated heterocycles. The van der Waals surface area contributed by atoms with Gasteiger partial charge in [0.2, 0.25) is 17.4 Å². The van der Waals surface area contributed by atoms with E-state index in [9.17, 15) is 14.3 Å². The third-order valence-electron chi connectivity index (χ3n) is 3.08. The number of aliphatic hydroxyl groups is 1. The molecule has 7 nitrogen and oxygen atoms in total. The lowest BCUT2D eigenvalue weighted by Crippen LogP contribution is -2.00. The number of hydrogen-bond acceptors (Lipinski definition) is 6. The zero-order valence-electron chi connectivity index (χ0n) is 11.7. The molecule has 3 heterocycles. The Morgan fingerprint density at radius 1 is 1.39 bits per heavy atom. The first kappa shape index (κ1) is 14.6. The van der Waals surface area contributed by atoms with Gasteiger partial charge in [0.05, 0.1) is 6.26 Å². The highest BCUT2D eigenvalue weighted by Crippen LogP contribution is 2.20. The van der Waals surface area contributed by atoms with Gasteiger partial charge >= 0.3 is 0 Å². The van der Waals surface area contributed by atoms with Gasteiger partial charge in [-0.05, 0) is 17.7 Å². The highest BCUT2D eigenvalue weighted by molar-refractivity contribution is 6.05. The third kappa shape index (κ3) is 3.15. The first-order chi connectivity index (χ1) is 11.1. The molecule has 0 aromatic carbocycles. The highest BCUT2D eigenvalue weighted by Gasteiger charge is 2.20. The van der Waals surface area contributed by atoms with Crippen molar-refractivity contribution in [3.63, 3.8) is 0 Å². The average molecular weight is 314 g/mol. The fourth-order valence-electron chi connectivity index (χ4n) is 1.97. The minimum absolute atomic E-state index is 0.0673. The molecule has 0 bridgehead atoms. The number of nitrogens with zero attached hydrogens (tertiary/aromatic N) is 3. The zero-order valence-corrected chi connectivity index (χ0v) is 11.7. The Balaban J connectivity index is 1.81. The van der Waals surface area contributed by atoms with E-state index in [0.29, 0.717) is 0 Å². The molecule has 0 saturated carbocycles. The maximum absolute atomic E-state index is 14.3. The van der Waals surface area contributed by atoms with Crippen LogP contribution in [-0.2, 0) is 6.42 Å². The van der Waals surface area contributed by atoms with Gasteiger partial charge < -0.3 is 9.52 Å². The molecule has 0 aliphatic carbocycles. The number of H-pyrrole nitrogens is 1. The molecule has 3 rings (SSSR count). The number of carbonyl (C=O) groups is 1. The van der Waals surface area contributed by atoms with Gasteiger partial charge in [-0.1, -0.05) is 0 Å². The van der Waals surface area contributed by atoms with Crippen LogP contribution < -0.4 is 0 Å². The van der Waals surface area contributed by atoms with Crippen LogP contribution in [0.15, 0.2) is 47.6 Å². The van der Waals surface area contributed by atoms with Crippen molar-refractivity contribution in [2.75, 3.05) is 0 Å². The van der Waals surface area contributed by atoms with E-state index in [0.717, 1.165) is 11.6 Å². The molecule has 0 unspecified atom stereocenters. The quantitative estimate of drug-likeness (QED) is 0.425. The van der Waals surface area contributed by atoms with E-state index in [1.807, 2.05) is 0 Å². The smallest absolute Gasteiger partial charge is 0.227 e. The number of rotatable bonds is 5. The Morgan fingerprint density at radius 2 is 2.17 bits per heavy atom. The number of aliphatic hydroxyl groups excluding tert-OH is 1. The van der Waals surface area contributed by atoms with Crippen LogP contribution in [0.4, 0.5) is 4.39 Å². The van der Waals surface area contributed by atoms with Crippen LogP contribution in [0.25, 0.3) is 5.76 Å². The van der Waals surface area contributed by atoms with E-state index >= 15 is 0 Å². The van der Waals surface area contributed by atoms with E-state index < -0.39 is 23.1 Å². The third-order valence-corrected chi connectivity index (χ3v) is 3.08. The summed E-state index contributed by atoms with van der Waals surface area (Å²) in [6.07, 6.45) is 6.68. The minimum Gasteiger partial charge on any atom is -0.504 e. The molecule has 0 fully saturated rings. The minimum atomic E-state index is -0.814. The van der Waals surface area contributed by atoms with Gasteiger partial charge in [0.25, 0.3) is 0 Å². The SMILES string of the molecule is O=C(C=C(O)c1nc[nH]n1)c1occ(Cc2ccncc2)c1F.